The quantitative estimate of drug-likeness (QED) is 0.543. The highest BCUT2D eigenvalue weighted by molar-refractivity contribution is 8.00. The number of benzene rings is 2. The Morgan fingerprint density at radius 2 is 1.80 bits per heavy atom. The van der Waals surface area contributed by atoms with Crippen LogP contribution in [0.4, 0.5) is 5.69 Å². The van der Waals surface area contributed by atoms with Crippen molar-refractivity contribution in [3.63, 3.8) is 0 Å². The van der Waals surface area contributed by atoms with Gasteiger partial charge >= 0.3 is 0 Å². The highest BCUT2D eigenvalue weighted by Crippen LogP contribution is 2.34. The fourth-order valence-corrected chi connectivity index (χ4v) is 4.80. The van der Waals surface area contributed by atoms with Crippen LogP contribution in [0, 0.1) is 0 Å². The number of ether oxygens (including phenoxy) is 1. The van der Waals surface area contributed by atoms with Crippen molar-refractivity contribution in [2.24, 2.45) is 0 Å². The number of hydrogen-bond donors (Lipinski definition) is 0. The Morgan fingerprint density at radius 1 is 1.07 bits per heavy atom. The average Bonchev–Trinajstić information content (AvgIpc) is 3.37. The summed E-state index contributed by atoms with van der Waals surface area (Å²) in [7, 11) is 1.65. The number of fused-ring (bicyclic) bond motifs is 1. The second-order valence-corrected chi connectivity index (χ2v) is 8.94. The maximum absolute atomic E-state index is 13.2. The maximum atomic E-state index is 13.2. The summed E-state index contributed by atoms with van der Waals surface area (Å²) in [6.07, 6.45) is 0.906. The van der Waals surface area contributed by atoms with Crippen LogP contribution in [0.5, 0.6) is 5.75 Å². The molecule has 1 atom stereocenters. The van der Waals surface area contributed by atoms with Gasteiger partial charge in [-0.15, -0.1) is 10.2 Å². The lowest BCUT2D eigenvalue weighted by atomic mass is 10.2. The van der Waals surface area contributed by atoms with Gasteiger partial charge in [-0.05, 0) is 63.1 Å². The van der Waals surface area contributed by atoms with Crippen LogP contribution in [0.15, 0.2) is 53.7 Å². The van der Waals surface area contributed by atoms with E-state index in [0.29, 0.717) is 0 Å². The van der Waals surface area contributed by atoms with Gasteiger partial charge in [0, 0.05) is 23.8 Å². The minimum absolute atomic E-state index is 0.106. The molecule has 0 spiro atoms. The van der Waals surface area contributed by atoms with E-state index < -0.39 is 0 Å². The maximum Gasteiger partial charge on any atom is 0.240 e. The second kappa shape index (κ2) is 8.52. The first-order valence-electron chi connectivity index (χ1n) is 10.1. The molecule has 0 radical (unpaired) electrons. The molecule has 4 rings (SSSR count). The zero-order valence-electron chi connectivity index (χ0n) is 17.7. The molecule has 3 aromatic rings. The number of hydrogen-bond acceptors (Lipinski definition) is 5. The number of para-hydroxylation sites is 1. The summed E-state index contributed by atoms with van der Waals surface area (Å²) in [5, 5.41) is 9.35. The van der Waals surface area contributed by atoms with Crippen molar-refractivity contribution in [1.82, 2.24) is 14.8 Å². The first kappa shape index (κ1) is 20.5. The Hall–Kier alpha value is -2.80. The summed E-state index contributed by atoms with van der Waals surface area (Å²) in [6, 6.07) is 16.1. The second-order valence-electron chi connectivity index (χ2n) is 7.63. The Balaban J connectivity index is 1.57. The third-order valence-electron chi connectivity index (χ3n) is 5.31. The first-order valence-corrected chi connectivity index (χ1v) is 11.0. The van der Waals surface area contributed by atoms with Gasteiger partial charge in [-0.2, -0.15) is 0 Å². The van der Waals surface area contributed by atoms with Crippen LogP contribution in [-0.2, 0) is 11.2 Å². The standard InChI is InChI=1S/C23H26N4O2S/c1-15(2)27-21(18-9-11-19(29-4)12-10-18)24-25-23(27)30-16(3)22(28)26-14-13-17-7-5-6-8-20(17)26/h5-12,15-16H,13-14H2,1-4H3/t16-/m0/s1. The highest BCUT2D eigenvalue weighted by Gasteiger charge is 2.30. The molecule has 30 heavy (non-hydrogen) atoms. The van der Waals surface area contributed by atoms with Gasteiger partial charge < -0.3 is 9.64 Å². The van der Waals surface area contributed by atoms with Crippen molar-refractivity contribution < 1.29 is 9.53 Å². The molecule has 1 amide bonds. The largest absolute Gasteiger partial charge is 0.497 e. The normalized spacial score (nSPS) is 14.1. The number of rotatable bonds is 6. The van der Waals surface area contributed by atoms with E-state index in [1.54, 1.807) is 7.11 Å². The zero-order valence-corrected chi connectivity index (χ0v) is 18.5. The van der Waals surface area contributed by atoms with Gasteiger partial charge in [-0.1, -0.05) is 30.0 Å². The van der Waals surface area contributed by atoms with E-state index in [1.807, 2.05) is 54.3 Å². The van der Waals surface area contributed by atoms with Crippen molar-refractivity contribution in [3.8, 4) is 17.1 Å². The van der Waals surface area contributed by atoms with E-state index in [4.69, 9.17) is 4.74 Å². The van der Waals surface area contributed by atoms with Crippen LogP contribution in [0.25, 0.3) is 11.4 Å². The summed E-state index contributed by atoms with van der Waals surface area (Å²) < 4.78 is 7.34. The number of carbonyl (C=O) groups is 1. The number of carbonyl (C=O) groups excluding carboxylic acids is 1. The third kappa shape index (κ3) is 3.81. The molecule has 2 heterocycles. The summed E-state index contributed by atoms with van der Waals surface area (Å²) >= 11 is 1.46. The molecule has 0 bridgehead atoms. The predicted molar refractivity (Wildman–Crippen MR) is 120 cm³/mol. The fraction of sp³-hybridized carbons (Fsp3) is 0.348. The molecule has 0 saturated carbocycles. The van der Waals surface area contributed by atoms with Crippen LogP contribution in [-0.4, -0.2) is 39.6 Å². The highest BCUT2D eigenvalue weighted by atomic mass is 32.2. The summed E-state index contributed by atoms with van der Waals surface area (Å²) in [5.41, 5.74) is 3.23. The van der Waals surface area contributed by atoms with E-state index >= 15 is 0 Å². The number of methoxy groups -OCH3 is 1. The lowest BCUT2D eigenvalue weighted by Gasteiger charge is -2.22. The van der Waals surface area contributed by atoms with Crippen LogP contribution >= 0.6 is 11.8 Å². The topological polar surface area (TPSA) is 60.3 Å². The van der Waals surface area contributed by atoms with Crippen molar-refractivity contribution in [1.29, 1.82) is 0 Å². The lowest BCUT2D eigenvalue weighted by molar-refractivity contribution is -0.117. The van der Waals surface area contributed by atoms with E-state index in [9.17, 15) is 4.79 Å². The zero-order chi connectivity index (χ0) is 21.3. The molecule has 1 aliphatic rings. The molecule has 6 nitrogen and oxygen atoms in total. The van der Waals surface area contributed by atoms with Crippen molar-refractivity contribution in [2.75, 3.05) is 18.6 Å². The lowest BCUT2D eigenvalue weighted by Crippen LogP contribution is -2.35. The number of nitrogens with zero attached hydrogens (tertiary/aromatic N) is 4. The Bertz CT molecular complexity index is 1050. The fourth-order valence-electron chi connectivity index (χ4n) is 3.75. The van der Waals surface area contributed by atoms with Gasteiger partial charge in [-0.25, -0.2) is 0 Å². The van der Waals surface area contributed by atoms with E-state index in [0.717, 1.165) is 40.9 Å². The van der Waals surface area contributed by atoms with E-state index in [1.165, 1.54) is 17.3 Å². The van der Waals surface area contributed by atoms with Crippen molar-refractivity contribution in [2.45, 2.75) is 43.6 Å². The minimum atomic E-state index is -0.262. The molecular formula is C23H26N4O2S. The van der Waals surface area contributed by atoms with E-state index in [-0.39, 0.29) is 17.2 Å². The van der Waals surface area contributed by atoms with Crippen LogP contribution in [0.1, 0.15) is 32.4 Å². The molecular weight excluding hydrogens is 396 g/mol. The Kier molecular flexibility index (Phi) is 5.81. The summed E-state index contributed by atoms with van der Waals surface area (Å²) in [6.45, 7) is 6.88. The molecule has 2 aromatic carbocycles. The molecule has 1 aliphatic heterocycles. The van der Waals surface area contributed by atoms with E-state index in [2.05, 4.69) is 34.7 Å². The molecule has 7 heteroatoms. The van der Waals surface area contributed by atoms with Gasteiger partial charge in [-0.3, -0.25) is 9.36 Å². The molecule has 156 valence electrons. The predicted octanol–water partition coefficient (Wildman–Crippen LogP) is 4.60. The van der Waals surface area contributed by atoms with Gasteiger partial charge in [0.1, 0.15) is 5.75 Å². The number of anilines is 1. The Morgan fingerprint density at radius 3 is 2.50 bits per heavy atom. The third-order valence-corrected chi connectivity index (χ3v) is 6.36. The molecule has 0 aliphatic carbocycles. The number of thioether (sulfide) groups is 1. The number of aromatic nitrogens is 3. The van der Waals surface area contributed by atoms with Crippen molar-refractivity contribution >= 4 is 23.4 Å². The van der Waals surface area contributed by atoms with Crippen molar-refractivity contribution in [3.05, 3.63) is 54.1 Å². The van der Waals surface area contributed by atoms with Crippen LogP contribution in [0.2, 0.25) is 0 Å². The van der Waals surface area contributed by atoms with Gasteiger partial charge in [0.05, 0.1) is 12.4 Å². The molecule has 0 saturated heterocycles. The Labute approximate surface area is 181 Å². The first-order chi connectivity index (χ1) is 14.5. The summed E-state index contributed by atoms with van der Waals surface area (Å²) in [5.74, 6) is 1.70. The molecule has 0 unspecified atom stereocenters. The van der Waals surface area contributed by atoms with Crippen LogP contribution in [0.3, 0.4) is 0 Å². The smallest absolute Gasteiger partial charge is 0.240 e. The number of amides is 1. The SMILES string of the molecule is COc1ccc(-c2nnc(S[C@@H](C)C(=O)N3CCc4ccccc43)n2C(C)C)cc1. The molecule has 1 aromatic heterocycles. The van der Waals surface area contributed by atoms with Gasteiger partial charge in [0.2, 0.25) is 5.91 Å². The van der Waals surface area contributed by atoms with Gasteiger partial charge in [0.25, 0.3) is 0 Å². The molecule has 0 N–H and O–H groups in total. The molecule has 0 fully saturated rings. The van der Waals surface area contributed by atoms with Gasteiger partial charge in [0.15, 0.2) is 11.0 Å². The minimum Gasteiger partial charge on any atom is -0.497 e. The average molecular weight is 423 g/mol. The van der Waals surface area contributed by atoms with Crippen LogP contribution < -0.4 is 9.64 Å². The monoisotopic (exact) mass is 422 g/mol. The summed E-state index contributed by atoms with van der Waals surface area (Å²) in [4.78, 5) is 15.1.